The summed E-state index contributed by atoms with van der Waals surface area (Å²) in [7, 11) is -4.37. The van der Waals surface area contributed by atoms with Crippen molar-refractivity contribution in [2.24, 2.45) is 5.14 Å². The van der Waals surface area contributed by atoms with E-state index < -0.39 is 22.0 Å². The highest BCUT2D eigenvalue weighted by atomic mass is 32.2. The van der Waals surface area contributed by atoms with E-state index in [0.29, 0.717) is 18.8 Å². The first-order valence-corrected chi connectivity index (χ1v) is 14.5. The van der Waals surface area contributed by atoms with Crippen molar-refractivity contribution in [3.63, 3.8) is 0 Å². The molecule has 1 aliphatic heterocycles. The van der Waals surface area contributed by atoms with Gasteiger partial charge in [-0.1, -0.05) is 18.2 Å². The van der Waals surface area contributed by atoms with Crippen molar-refractivity contribution in [1.82, 2.24) is 10.2 Å². The fourth-order valence-electron chi connectivity index (χ4n) is 4.19. The van der Waals surface area contributed by atoms with Crippen LogP contribution in [0, 0.1) is 6.07 Å². The number of carbonyl (C=O) groups is 2. The van der Waals surface area contributed by atoms with Gasteiger partial charge >= 0.3 is 34.2 Å². The molecule has 3 aromatic rings. The molecule has 11 nitrogen and oxygen atoms in total. The van der Waals surface area contributed by atoms with E-state index in [1.54, 1.807) is 4.90 Å². The van der Waals surface area contributed by atoms with Gasteiger partial charge in [-0.05, 0) is 72.3 Å². The smallest absolute Gasteiger partial charge is 0.423 e. The summed E-state index contributed by atoms with van der Waals surface area (Å²) >= 11 is 0. The van der Waals surface area contributed by atoms with Crippen LogP contribution >= 0.6 is 0 Å². The predicted molar refractivity (Wildman–Crippen MR) is 154 cm³/mol. The molecular formula is C29H33N4O7S+. The molecule has 4 rings (SSSR count). The third kappa shape index (κ3) is 9.37. The maximum Gasteiger partial charge on any atom is 0.423 e. The van der Waals surface area contributed by atoms with Gasteiger partial charge in [-0.15, -0.1) is 0 Å². The number of nitrogens with zero attached hydrogens (tertiary/aromatic N) is 2. The van der Waals surface area contributed by atoms with Gasteiger partial charge in [-0.2, -0.15) is 13.6 Å². The lowest BCUT2D eigenvalue weighted by molar-refractivity contribution is 0.0126. The van der Waals surface area contributed by atoms with E-state index in [-0.39, 0.29) is 18.7 Å². The van der Waals surface area contributed by atoms with Gasteiger partial charge in [0, 0.05) is 44.6 Å². The van der Waals surface area contributed by atoms with Crippen molar-refractivity contribution in [2.45, 2.75) is 51.9 Å². The number of likely N-dealkylation sites (tertiary alicyclic amines) is 1. The Labute approximate surface area is 239 Å². The minimum atomic E-state index is -4.37. The number of hydrogen-bond acceptors (Lipinski definition) is 7. The molecule has 0 atom stereocenters. The van der Waals surface area contributed by atoms with Crippen molar-refractivity contribution in [3.05, 3.63) is 76.6 Å². The fraction of sp³-hybridized carbons (Fsp3) is 0.345. The van der Waals surface area contributed by atoms with Gasteiger partial charge in [-0.25, -0.2) is 9.59 Å². The minimum Gasteiger partial charge on any atom is -0.490 e. The number of amides is 2. The first-order chi connectivity index (χ1) is 19.3. The second-order valence-corrected chi connectivity index (χ2v) is 11.8. The first kappa shape index (κ1) is 29.6. The van der Waals surface area contributed by atoms with Crippen LogP contribution in [0.3, 0.4) is 0 Å². The van der Waals surface area contributed by atoms with Crippen LogP contribution in [0.2, 0.25) is 0 Å². The Morgan fingerprint density at radius 3 is 2.37 bits per heavy atom. The summed E-state index contributed by atoms with van der Waals surface area (Å²) in [5.41, 5.74) is 1.70. The zero-order valence-electron chi connectivity index (χ0n) is 23.1. The highest BCUT2D eigenvalue weighted by Gasteiger charge is 2.27. The molecule has 0 aromatic heterocycles. The molecular weight excluding hydrogens is 548 g/mol. The largest absolute Gasteiger partial charge is 0.490 e. The molecule has 0 unspecified atom stereocenters. The minimum absolute atomic E-state index is 0.0200. The number of nitrogens with two attached hydrogens (primary N) is 1. The molecule has 216 valence electrons. The molecule has 2 amide bonds. The van der Waals surface area contributed by atoms with Crippen molar-refractivity contribution < 1.29 is 31.7 Å². The van der Waals surface area contributed by atoms with E-state index >= 15 is 0 Å². The number of rotatable bonds is 5. The average molecular weight is 582 g/mol. The monoisotopic (exact) mass is 581 g/mol. The van der Waals surface area contributed by atoms with Gasteiger partial charge in [0.05, 0.1) is 0 Å². The normalized spacial score (nSPS) is 14.1. The van der Waals surface area contributed by atoms with Crippen LogP contribution in [-0.2, 0) is 25.8 Å². The number of benzene rings is 3. The van der Waals surface area contributed by atoms with Crippen molar-refractivity contribution in [2.75, 3.05) is 13.1 Å². The molecule has 0 spiro atoms. The van der Waals surface area contributed by atoms with Gasteiger partial charge in [0.15, 0.2) is 0 Å². The van der Waals surface area contributed by atoms with Crippen LogP contribution < -0.4 is 15.2 Å². The lowest BCUT2D eigenvalue weighted by atomic mass is 10.0. The Bertz CT molecular complexity index is 1580. The highest BCUT2D eigenvalue weighted by Crippen LogP contribution is 2.24. The lowest BCUT2D eigenvalue weighted by Gasteiger charge is -2.33. The van der Waals surface area contributed by atoms with Crippen LogP contribution in [0.15, 0.2) is 60.7 Å². The second kappa shape index (κ2) is 12.4. The summed E-state index contributed by atoms with van der Waals surface area (Å²) in [5, 5.41) is 8.90. The SMILES string of the molecule is CC(C)(C)OC(=O)N1CCC(Oc2ccc([N+]#Cc3ccc4ccc(CNC(=O)OS(N)(=O)=O)cc4c3)cc2)CC1. The van der Waals surface area contributed by atoms with E-state index in [9.17, 15) is 18.0 Å². The Hall–Kier alpha value is -4.34. The van der Waals surface area contributed by atoms with E-state index in [4.69, 9.17) is 14.6 Å². The summed E-state index contributed by atoms with van der Waals surface area (Å²) in [5.74, 6) is 0.736. The number of ether oxygens (including phenoxy) is 2. The summed E-state index contributed by atoms with van der Waals surface area (Å²) < 4.78 is 37.3. The van der Waals surface area contributed by atoms with Crippen LogP contribution in [0.5, 0.6) is 5.75 Å². The van der Waals surface area contributed by atoms with Gasteiger partial charge in [0.1, 0.15) is 23.0 Å². The molecule has 0 saturated carbocycles. The molecule has 1 saturated heterocycles. The molecule has 0 aliphatic carbocycles. The summed E-state index contributed by atoms with van der Waals surface area (Å²) in [6.07, 6.45) is 0.0369. The zero-order valence-corrected chi connectivity index (χ0v) is 23.9. The van der Waals surface area contributed by atoms with Crippen molar-refractivity contribution in [1.29, 1.82) is 0 Å². The van der Waals surface area contributed by atoms with Crippen molar-refractivity contribution in [3.8, 4) is 11.8 Å². The second-order valence-electron chi connectivity index (χ2n) is 10.6. The Morgan fingerprint density at radius 2 is 1.71 bits per heavy atom. The molecule has 41 heavy (non-hydrogen) atoms. The van der Waals surface area contributed by atoms with Gasteiger partial charge < -0.3 is 23.9 Å². The number of piperidine rings is 1. The molecule has 1 heterocycles. The van der Waals surface area contributed by atoms with E-state index in [1.165, 1.54) is 0 Å². The standard InChI is InChI=1S/C29H32N4O7S/c1-29(2,3)39-28(35)33-14-12-26(13-15-33)38-25-10-8-24(9-11-25)31-18-20-4-6-22-7-5-21(17-23(22)16-20)19-32-27(34)40-41(30,36)37/h4-11,16-17,26H,12-15,19H2,1-3H3,(H2-,30,32,34,36,37)/p+1. The Balaban J connectivity index is 1.32. The third-order valence-electron chi connectivity index (χ3n) is 6.08. The van der Waals surface area contributed by atoms with Crippen LogP contribution in [0.25, 0.3) is 15.6 Å². The van der Waals surface area contributed by atoms with Crippen molar-refractivity contribution >= 4 is 39.0 Å². The van der Waals surface area contributed by atoms with Gasteiger partial charge in [0.2, 0.25) is 0 Å². The van der Waals surface area contributed by atoms with E-state index in [0.717, 1.165) is 40.5 Å². The number of fused-ring (bicyclic) bond motifs is 1. The summed E-state index contributed by atoms with van der Waals surface area (Å²) in [6, 6.07) is 21.8. The third-order valence-corrected chi connectivity index (χ3v) is 6.46. The summed E-state index contributed by atoms with van der Waals surface area (Å²) in [4.78, 5) is 29.9. The number of nitrogens with one attached hydrogen (secondary N) is 1. The van der Waals surface area contributed by atoms with Crippen LogP contribution in [0.4, 0.5) is 15.3 Å². The number of hydrogen-bond donors (Lipinski definition) is 2. The average Bonchev–Trinajstić information content (AvgIpc) is 2.90. The first-order valence-electron chi connectivity index (χ1n) is 13.1. The maximum atomic E-state index is 12.3. The lowest BCUT2D eigenvalue weighted by Crippen LogP contribution is -2.44. The number of carbonyl (C=O) groups excluding carboxylic acids is 2. The molecule has 1 aliphatic rings. The molecule has 3 aromatic carbocycles. The van der Waals surface area contributed by atoms with E-state index in [1.807, 2.05) is 81.4 Å². The maximum absolute atomic E-state index is 12.3. The quantitative estimate of drug-likeness (QED) is 0.429. The molecule has 0 radical (unpaired) electrons. The van der Waals surface area contributed by atoms with Crippen LogP contribution in [-0.4, -0.2) is 50.3 Å². The summed E-state index contributed by atoms with van der Waals surface area (Å²) in [6.45, 7) is 6.81. The topological polar surface area (TPSA) is 142 Å². The van der Waals surface area contributed by atoms with Gasteiger partial charge in [-0.3, -0.25) is 0 Å². The molecule has 12 heteroatoms. The molecule has 1 fully saturated rings. The Kier molecular flexibility index (Phi) is 9.00. The molecule has 3 N–H and O–H groups in total. The molecule has 0 bridgehead atoms. The van der Waals surface area contributed by atoms with Gasteiger partial charge in [0.25, 0.3) is 0 Å². The van der Waals surface area contributed by atoms with E-state index in [2.05, 4.69) is 20.4 Å². The highest BCUT2D eigenvalue weighted by molar-refractivity contribution is 7.84. The Morgan fingerprint density at radius 1 is 1.02 bits per heavy atom. The zero-order chi connectivity index (χ0) is 29.6. The fourth-order valence-corrected chi connectivity index (χ4v) is 4.46. The van der Waals surface area contributed by atoms with Crippen LogP contribution in [0.1, 0.15) is 44.7 Å². The predicted octanol–water partition coefficient (Wildman–Crippen LogP) is 5.06.